The monoisotopic (exact) mass is 386 g/mol. The average molecular weight is 386 g/mol. The molecule has 2 aromatic rings. The summed E-state index contributed by atoms with van der Waals surface area (Å²) in [5.74, 6) is -4.12. The lowest BCUT2D eigenvalue weighted by atomic mass is 10.3. The summed E-state index contributed by atoms with van der Waals surface area (Å²) in [6.45, 7) is -1.18. The first-order valence-electron chi connectivity index (χ1n) is 6.60. The van der Waals surface area contributed by atoms with E-state index in [-0.39, 0.29) is 4.57 Å². The quantitative estimate of drug-likeness (QED) is 0.773. The minimum Gasteiger partial charge on any atom is -0.274 e. The molecule has 1 aromatic carbocycles. The van der Waals surface area contributed by atoms with E-state index >= 15 is 0 Å². The van der Waals surface area contributed by atoms with Gasteiger partial charge in [0.2, 0.25) is 15.8 Å². The number of nitrogens with zero attached hydrogens (tertiary/aromatic N) is 3. The summed E-state index contributed by atoms with van der Waals surface area (Å²) in [5, 5.41) is 3.07. The number of benzene rings is 1. The standard InChI is InChI=1S/C12H11F5N4O3S/c1-20-10(12(15,16)17)19-21(11(20)22)6-5-18-25(23,24)9-7(13)3-2-4-8(9)14/h2-4,18H,5-6H2,1H3. The van der Waals surface area contributed by atoms with E-state index in [4.69, 9.17) is 0 Å². The fourth-order valence-corrected chi connectivity index (χ4v) is 3.13. The molecule has 0 amide bonds. The van der Waals surface area contributed by atoms with Gasteiger partial charge in [-0.15, -0.1) is 5.10 Å². The summed E-state index contributed by atoms with van der Waals surface area (Å²) < 4.78 is 91.1. The molecule has 13 heteroatoms. The van der Waals surface area contributed by atoms with E-state index in [1.165, 1.54) is 0 Å². The van der Waals surface area contributed by atoms with Gasteiger partial charge < -0.3 is 0 Å². The Morgan fingerprint density at radius 3 is 2.24 bits per heavy atom. The molecular weight excluding hydrogens is 375 g/mol. The van der Waals surface area contributed by atoms with E-state index in [1.54, 1.807) is 4.72 Å². The highest BCUT2D eigenvalue weighted by Crippen LogP contribution is 2.26. The number of halogens is 5. The zero-order valence-corrected chi connectivity index (χ0v) is 13.3. The topological polar surface area (TPSA) is 86.0 Å². The van der Waals surface area contributed by atoms with E-state index in [0.717, 1.165) is 25.2 Å². The zero-order chi connectivity index (χ0) is 19.0. The molecule has 0 aliphatic heterocycles. The number of hydrogen-bond acceptors (Lipinski definition) is 4. The van der Waals surface area contributed by atoms with Crippen LogP contribution in [0.25, 0.3) is 0 Å². The molecule has 0 saturated heterocycles. The van der Waals surface area contributed by atoms with Gasteiger partial charge in [0.1, 0.15) is 11.6 Å². The Kier molecular flexibility index (Phi) is 4.99. The Hall–Kier alpha value is -2.28. The Bertz CT molecular complexity index is 928. The molecule has 2 rings (SSSR count). The molecule has 0 atom stereocenters. The van der Waals surface area contributed by atoms with E-state index < -0.39 is 57.3 Å². The lowest BCUT2D eigenvalue weighted by molar-refractivity contribution is -0.147. The van der Waals surface area contributed by atoms with Gasteiger partial charge in [-0.1, -0.05) is 6.07 Å². The van der Waals surface area contributed by atoms with Crippen LogP contribution >= 0.6 is 0 Å². The second kappa shape index (κ2) is 6.55. The number of rotatable bonds is 5. The summed E-state index contributed by atoms with van der Waals surface area (Å²) in [5.41, 5.74) is -1.12. The molecule has 0 bridgehead atoms. The molecule has 1 N–H and O–H groups in total. The first-order valence-corrected chi connectivity index (χ1v) is 8.08. The van der Waals surface area contributed by atoms with Gasteiger partial charge in [0.25, 0.3) is 0 Å². The molecule has 0 aliphatic rings. The smallest absolute Gasteiger partial charge is 0.274 e. The molecule has 0 fully saturated rings. The zero-order valence-electron chi connectivity index (χ0n) is 12.5. The largest absolute Gasteiger partial charge is 0.451 e. The SMILES string of the molecule is Cn1c(C(F)(F)F)nn(CCNS(=O)(=O)c2c(F)cccc2F)c1=O. The lowest BCUT2D eigenvalue weighted by Gasteiger charge is -2.08. The molecule has 0 saturated carbocycles. The molecular formula is C12H11F5N4O3S. The van der Waals surface area contributed by atoms with Gasteiger partial charge in [0.05, 0.1) is 6.54 Å². The van der Waals surface area contributed by atoms with Crippen molar-refractivity contribution in [3.05, 3.63) is 46.1 Å². The first kappa shape index (κ1) is 19.1. The third-order valence-corrected chi connectivity index (χ3v) is 4.61. The highest BCUT2D eigenvalue weighted by atomic mass is 32.2. The first-order chi connectivity index (χ1) is 11.4. The number of alkyl halides is 3. The predicted molar refractivity (Wildman–Crippen MR) is 74.0 cm³/mol. The number of aromatic nitrogens is 3. The van der Waals surface area contributed by atoms with Crippen LogP contribution in [0, 0.1) is 11.6 Å². The van der Waals surface area contributed by atoms with Gasteiger partial charge >= 0.3 is 11.9 Å². The fourth-order valence-electron chi connectivity index (χ4n) is 1.98. The van der Waals surface area contributed by atoms with Gasteiger partial charge in [-0.2, -0.15) is 13.2 Å². The molecule has 138 valence electrons. The highest BCUT2D eigenvalue weighted by molar-refractivity contribution is 7.89. The maximum atomic E-state index is 13.5. The van der Waals surface area contributed by atoms with E-state index in [9.17, 15) is 35.2 Å². The van der Waals surface area contributed by atoms with Crippen LogP contribution in [-0.2, 0) is 29.8 Å². The van der Waals surface area contributed by atoms with Crippen LogP contribution in [0.2, 0.25) is 0 Å². The van der Waals surface area contributed by atoms with E-state index in [2.05, 4.69) is 5.10 Å². The van der Waals surface area contributed by atoms with Crippen LogP contribution in [0.1, 0.15) is 5.82 Å². The van der Waals surface area contributed by atoms with Crippen molar-refractivity contribution in [2.75, 3.05) is 6.54 Å². The maximum Gasteiger partial charge on any atom is 0.451 e. The molecule has 0 radical (unpaired) electrons. The van der Waals surface area contributed by atoms with Crippen LogP contribution < -0.4 is 10.4 Å². The van der Waals surface area contributed by atoms with Crippen molar-refractivity contribution in [2.24, 2.45) is 7.05 Å². The van der Waals surface area contributed by atoms with Gasteiger partial charge in [0.15, 0.2) is 4.90 Å². The Morgan fingerprint density at radius 2 is 1.76 bits per heavy atom. The fraction of sp³-hybridized carbons (Fsp3) is 0.333. The molecule has 7 nitrogen and oxygen atoms in total. The summed E-state index contributed by atoms with van der Waals surface area (Å²) in [4.78, 5) is 10.4. The molecule has 0 spiro atoms. The number of sulfonamides is 1. The Balaban J connectivity index is 2.17. The summed E-state index contributed by atoms with van der Waals surface area (Å²) >= 11 is 0. The molecule has 0 aliphatic carbocycles. The van der Waals surface area contributed by atoms with Gasteiger partial charge in [-0.3, -0.25) is 4.57 Å². The molecule has 25 heavy (non-hydrogen) atoms. The van der Waals surface area contributed by atoms with Crippen LogP contribution in [0.3, 0.4) is 0 Å². The summed E-state index contributed by atoms with van der Waals surface area (Å²) in [6, 6.07) is 2.43. The highest BCUT2D eigenvalue weighted by Gasteiger charge is 2.38. The second-order valence-corrected chi connectivity index (χ2v) is 6.54. The van der Waals surface area contributed by atoms with Crippen molar-refractivity contribution >= 4 is 10.0 Å². The minimum atomic E-state index is -4.87. The van der Waals surface area contributed by atoms with Crippen molar-refractivity contribution in [1.29, 1.82) is 0 Å². The molecule has 1 heterocycles. The number of hydrogen-bond donors (Lipinski definition) is 1. The predicted octanol–water partition coefficient (Wildman–Crippen LogP) is 0.857. The minimum absolute atomic E-state index is 0.255. The van der Waals surface area contributed by atoms with Crippen molar-refractivity contribution in [1.82, 2.24) is 19.1 Å². The van der Waals surface area contributed by atoms with Crippen molar-refractivity contribution in [3.8, 4) is 0 Å². The third kappa shape index (κ3) is 3.87. The molecule has 1 aromatic heterocycles. The van der Waals surface area contributed by atoms with E-state index in [0.29, 0.717) is 4.68 Å². The summed E-state index contributed by atoms with van der Waals surface area (Å²) in [6.07, 6.45) is -4.87. The van der Waals surface area contributed by atoms with Gasteiger partial charge in [-0.25, -0.2) is 31.4 Å². The second-order valence-electron chi connectivity index (χ2n) is 4.83. The van der Waals surface area contributed by atoms with Gasteiger partial charge in [-0.05, 0) is 12.1 Å². The Labute approximate surface area is 137 Å². The Morgan fingerprint density at radius 1 is 1.20 bits per heavy atom. The van der Waals surface area contributed by atoms with Crippen molar-refractivity contribution in [3.63, 3.8) is 0 Å². The number of nitrogens with one attached hydrogen (secondary N) is 1. The van der Waals surface area contributed by atoms with E-state index in [1.807, 2.05) is 0 Å². The lowest BCUT2D eigenvalue weighted by Crippen LogP contribution is -2.32. The van der Waals surface area contributed by atoms with Crippen LogP contribution in [0.4, 0.5) is 22.0 Å². The maximum absolute atomic E-state index is 13.5. The van der Waals surface area contributed by atoms with Gasteiger partial charge in [0, 0.05) is 13.6 Å². The summed E-state index contributed by atoms with van der Waals surface area (Å²) in [7, 11) is -3.75. The molecule has 0 unspecified atom stereocenters. The average Bonchev–Trinajstić information content (AvgIpc) is 2.75. The van der Waals surface area contributed by atoms with Crippen LogP contribution in [0.5, 0.6) is 0 Å². The van der Waals surface area contributed by atoms with Crippen molar-refractivity contribution in [2.45, 2.75) is 17.6 Å². The van der Waals surface area contributed by atoms with Crippen molar-refractivity contribution < 1.29 is 30.4 Å². The van der Waals surface area contributed by atoms with Crippen LogP contribution in [0.15, 0.2) is 27.9 Å². The normalized spacial score (nSPS) is 12.6. The van der Waals surface area contributed by atoms with Crippen LogP contribution in [-0.4, -0.2) is 29.3 Å². The third-order valence-electron chi connectivity index (χ3n) is 3.10.